The van der Waals surface area contributed by atoms with Crippen molar-refractivity contribution in [3.8, 4) is 0 Å². The third kappa shape index (κ3) is 2.03. The molecule has 0 aliphatic rings. The molecule has 1 atom stereocenters. The molecule has 2 aromatic rings. The fraction of sp³-hybridized carbons (Fsp3) is 0.250. The monoisotopic (exact) mass is 279 g/mol. The maximum atomic E-state index is 4.20. The third-order valence-corrected chi connectivity index (χ3v) is 3.38. The van der Waals surface area contributed by atoms with Crippen LogP contribution in [0.4, 0.5) is 0 Å². The highest BCUT2D eigenvalue weighted by Crippen LogP contribution is 2.27. The van der Waals surface area contributed by atoms with Gasteiger partial charge >= 0.3 is 0 Å². The Morgan fingerprint density at radius 1 is 1.31 bits per heavy atom. The van der Waals surface area contributed by atoms with Gasteiger partial charge in [0.25, 0.3) is 0 Å². The van der Waals surface area contributed by atoms with Gasteiger partial charge in [0.2, 0.25) is 0 Å². The van der Waals surface area contributed by atoms with Crippen LogP contribution in [0.25, 0.3) is 0 Å². The predicted octanol–water partition coefficient (Wildman–Crippen LogP) is 2.49. The lowest BCUT2D eigenvalue weighted by Crippen LogP contribution is -2.20. The van der Waals surface area contributed by atoms with E-state index < -0.39 is 0 Å². The highest BCUT2D eigenvalue weighted by molar-refractivity contribution is 9.10. The van der Waals surface area contributed by atoms with Gasteiger partial charge in [0.05, 0.1) is 11.7 Å². The van der Waals surface area contributed by atoms with Crippen LogP contribution in [0.1, 0.15) is 17.3 Å². The van der Waals surface area contributed by atoms with Crippen molar-refractivity contribution in [1.29, 1.82) is 0 Å². The van der Waals surface area contributed by atoms with E-state index in [-0.39, 0.29) is 6.04 Å². The summed E-state index contributed by atoms with van der Waals surface area (Å²) in [6.45, 7) is 0. The second-order valence-electron chi connectivity index (χ2n) is 3.62. The Balaban J connectivity index is 2.45. The molecule has 0 radical (unpaired) electrons. The van der Waals surface area contributed by atoms with Gasteiger partial charge in [-0.05, 0) is 24.7 Å². The fourth-order valence-corrected chi connectivity index (χ4v) is 2.35. The summed E-state index contributed by atoms with van der Waals surface area (Å²) in [6, 6.07) is 10.4. The van der Waals surface area contributed by atoms with Gasteiger partial charge in [0.1, 0.15) is 0 Å². The molecule has 1 unspecified atom stereocenters. The van der Waals surface area contributed by atoms with Crippen molar-refractivity contribution in [3.63, 3.8) is 0 Å². The molecular weight excluding hydrogens is 266 g/mol. The number of aromatic nitrogens is 2. The van der Waals surface area contributed by atoms with E-state index in [1.54, 1.807) is 0 Å². The van der Waals surface area contributed by atoms with Gasteiger partial charge < -0.3 is 5.32 Å². The summed E-state index contributed by atoms with van der Waals surface area (Å²) < 4.78 is 3.00. The highest BCUT2D eigenvalue weighted by Gasteiger charge is 2.17. The molecule has 1 heterocycles. The first-order valence-electron chi connectivity index (χ1n) is 5.13. The SMILES string of the molecule is CNC(c1ccccc1Br)c1ccnn1C. The van der Waals surface area contributed by atoms with E-state index in [1.165, 1.54) is 5.56 Å². The van der Waals surface area contributed by atoms with Gasteiger partial charge in [-0.1, -0.05) is 34.1 Å². The normalized spacial score (nSPS) is 12.7. The molecule has 1 N–H and O–H groups in total. The van der Waals surface area contributed by atoms with E-state index in [0.717, 1.165) is 10.2 Å². The van der Waals surface area contributed by atoms with Crippen LogP contribution < -0.4 is 5.32 Å². The topological polar surface area (TPSA) is 29.9 Å². The van der Waals surface area contributed by atoms with E-state index in [2.05, 4.69) is 38.5 Å². The second-order valence-corrected chi connectivity index (χ2v) is 4.48. The molecule has 0 saturated heterocycles. The third-order valence-electron chi connectivity index (χ3n) is 2.66. The number of nitrogens with one attached hydrogen (secondary N) is 1. The zero-order valence-electron chi connectivity index (χ0n) is 9.31. The van der Waals surface area contributed by atoms with Crippen molar-refractivity contribution in [1.82, 2.24) is 15.1 Å². The van der Waals surface area contributed by atoms with Gasteiger partial charge in [0, 0.05) is 17.7 Å². The van der Waals surface area contributed by atoms with E-state index >= 15 is 0 Å². The summed E-state index contributed by atoms with van der Waals surface area (Å²) in [7, 11) is 3.91. The summed E-state index contributed by atoms with van der Waals surface area (Å²) in [4.78, 5) is 0. The van der Waals surface area contributed by atoms with Crippen molar-refractivity contribution >= 4 is 15.9 Å². The Morgan fingerprint density at radius 3 is 2.62 bits per heavy atom. The van der Waals surface area contributed by atoms with E-state index in [0.29, 0.717) is 0 Å². The first-order chi connectivity index (χ1) is 7.74. The van der Waals surface area contributed by atoms with Crippen LogP contribution in [0.2, 0.25) is 0 Å². The highest BCUT2D eigenvalue weighted by atomic mass is 79.9. The number of benzene rings is 1. The largest absolute Gasteiger partial charge is 0.308 e. The molecule has 0 aliphatic heterocycles. The van der Waals surface area contributed by atoms with Crippen LogP contribution in [0.5, 0.6) is 0 Å². The average molecular weight is 280 g/mol. The minimum atomic E-state index is 0.156. The summed E-state index contributed by atoms with van der Waals surface area (Å²) in [5.41, 5.74) is 2.36. The molecular formula is C12H14BrN3. The number of rotatable bonds is 3. The van der Waals surface area contributed by atoms with Gasteiger partial charge in [-0.15, -0.1) is 0 Å². The van der Waals surface area contributed by atoms with Crippen molar-refractivity contribution in [3.05, 3.63) is 52.3 Å². The van der Waals surface area contributed by atoms with Crippen molar-refractivity contribution in [2.24, 2.45) is 7.05 Å². The lowest BCUT2D eigenvalue weighted by atomic mass is 10.0. The van der Waals surface area contributed by atoms with Gasteiger partial charge in [-0.3, -0.25) is 4.68 Å². The molecule has 1 aromatic heterocycles. The van der Waals surface area contributed by atoms with Crippen LogP contribution in [-0.4, -0.2) is 16.8 Å². The average Bonchev–Trinajstić information content (AvgIpc) is 2.69. The van der Waals surface area contributed by atoms with Crippen LogP contribution in [0.15, 0.2) is 41.0 Å². The predicted molar refractivity (Wildman–Crippen MR) is 68.3 cm³/mol. The zero-order chi connectivity index (χ0) is 11.5. The Labute approximate surface area is 104 Å². The minimum absolute atomic E-state index is 0.156. The number of halogens is 1. The Morgan fingerprint density at radius 2 is 2.06 bits per heavy atom. The zero-order valence-corrected chi connectivity index (χ0v) is 10.9. The summed E-state index contributed by atoms with van der Waals surface area (Å²) >= 11 is 3.58. The van der Waals surface area contributed by atoms with Crippen molar-refractivity contribution < 1.29 is 0 Å². The van der Waals surface area contributed by atoms with Gasteiger partial charge in [-0.2, -0.15) is 5.10 Å². The number of hydrogen-bond acceptors (Lipinski definition) is 2. The molecule has 2 rings (SSSR count). The van der Waals surface area contributed by atoms with E-state index in [1.807, 2.05) is 43.2 Å². The van der Waals surface area contributed by atoms with Gasteiger partial charge in [0.15, 0.2) is 0 Å². The molecule has 0 saturated carbocycles. The Hall–Kier alpha value is -1.13. The molecule has 4 heteroatoms. The molecule has 84 valence electrons. The molecule has 0 bridgehead atoms. The number of nitrogens with zero attached hydrogens (tertiary/aromatic N) is 2. The van der Waals surface area contributed by atoms with Crippen LogP contribution in [0.3, 0.4) is 0 Å². The first-order valence-corrected chi connectivity index (χ1v) is 5.93. The van der Waals surface area contributed by atoms with Crippen molar-refractivity contribution in [2.45, 2.75) is 6.04 Å². The van der Waals surface area contributed by atoms with Crippen LogP contribution in [0, 0.1) is 0 Å². The summed E-state index contributed by atoms with van der Waals surface area (Å²) in [5.74, 6) is 0. The Kier molecular flexibility index (Phi) is 3.41. The maximum absolute atomic E-state index is 4.20. The van der Waals surface area contributed by atoms with E-state index in [4.69, 9.17) is 0 Å². The van der Waals surface area contributed by atoms with Crippen LogP contribution in [-0.2, 0) is 7.05 Å². The molecule has 16 heavy (non-hydrogen) atoms. The van der Waals surface area contributed by atoms with Crippen molar-refractivity contribution in [2.75, 3.05) is 7.05 Å². The molecule has 1 aromatic carbocycles. The number of aryl methyl sites for hydroxylation is 1. The lowest BCUT2D eigenvalue weighted by Gasteiger charge is -2.18. The quantitative estimate of drug-likeness (QED) is 0.936. The molecule has 0 aliphatic carbocycles. The smallest absolute Gasteiger partial charge is 0.0756 e. The van der Waals surface area contributed by atoms with Crippen LogP contribution >= 0.6 is 15.9 Å². The molecule has 3 nitrogen and oxygen atoms in total. The lowest BCUT2D eigenvalue weighted by molar-refractivity contribution is 0.604. The standard InChI is InChI=1S/C12H14BrN3/c1-14-12(11-7-8-15-16(11)2)9-5-3-4-6-10(9)13/h3-8,12,14H,1-2H3. The second kappa shape index (κ2) is 4.80. The molecule has 0 fully saturated rings. The van der Waals surface area contributed by atoms with Gasteiger partial charge in [-0.25, -0.2) is 0 Å². The molecule has 0 spiro atoms. The fourth-order valence-electron chi connectivity index (χ4n) is 1.84. The summed E-state index contributed by atoms with van der Waals surface area (Å²) in [6.07, 6.45) is 1.82. The van der Waals surface area contributed by atoms with E-state index in [9.17, 15) is 0 Å². The number of hydrogen-bond donors (Lipinski definition) is 1. The minimum Gasteiger partial charge on any atom is -0.308 e. The first kappa shape index (κ1) is 11.4. The summed E-state index contributed by atoms with van der Waals surface area (Å²) in [5, 5.41) is 7.51. The maximum Gasteiger partial charge on any atom is 0.0756 e. The Bertz CT molecular complexity index is 479. The molecule has 0 amide bonds.